The largest absolute Gasteiger partial charge is 0.388 e. The highest BCUT2D eigenvalue weighted by molar-refractivity contribution is 5.66. The van der Waals surface area contributed by atoms with Crippen LogP contribution < -0.4 is 16.4 Å². The number of nitrogens with one attached hydrogen (secondary N) is 2. The minimum absolute atomic E-state index is 0.573. The summed E-state index contributed by atoms with van der Waals surface area (Å²) in [5.41, 5.74) is 10.2. The molecule has 0 atom stereocenters. The van der Waals surface area contributed by atoms with Gasteiger partial charge in [0.2, 0.25) is 0 Å². The summed E-state index contributed by atoms with van der Waals surface area (Å²) >= 11 is 0. The predicted molar refractivity (Wildman–Crippen MR) is 58.2 cm³/mol. The summed E-state index contributed by atoms with van der Waals surface area (Å²) in [4.78, 5) is 0. The highest BCUT2D eigenvalue weighted by Gasteiger charge is 2.03. The Morgan fingerprint density at radius 1 is 1.15 bits per heavy atom. The molecule has 1 aromatic carbocycles. The van der Waals surface area contributed by atoms with Crippen LogP contribution in [-0.2, 0) is 6.54 Å². The van der Waals surface area contributed by atoms with Crippen molar-refractivity contribution in [2.45, 2.75) is 13.5 Å². The Bertz CT molecular complexity index is 269. The van der Waals surface area contributed by atoms with Crippen molar-refractivity contribution in [1.82, 2.24) is 0 Å². The van der Waals surface area contributed by atoms with Crippen molar-refractivity contribution >= 4 is 11.4 Å². The van der Waals surface area contributed by atoms with Crippen LogP contribution in [-0.4, -0.2) is 14.1 Å². The van der Waals surface area contributed by atoms with Gasteiger partial charge in [0, 0.05) is 32.0 Å². The Kier molecular flexibility index (Phi) is 3.14. The fourth-order valence-corrected chi connectivity index (χ4v) is 1.41. The molecule has 0 saturated heterocycles. The molecule has 0 saturated carbocycles. The lowest BCUT2D eigenvalue weighted by Gasteiger charge is -2.12. The second kappa shape index (κ2) is 4.14. The Morgan fingerprint density at radius 3 is 1.92 bits per heavy atom. The van der Waals surface area contributed by atoms with E-state index in [0.29, 0.717) is 6.54 Å². The van der Waals surface area contributed by atoms with E-state index in [-0.39, 0.29) is 0 Å². The summed E-state index contributed by atoms with van der Waals surface area (Å²) < 4.78 is 0. The normalized spacial score (nSPS) is 9.85. The van der Waals surface area contributed by atoms with E-state index < -0.39 is 0 Å². The third-order valence-electron chi connectivity index (χ3n) is 2.24. The molecular formula is C10H17N3. The summed E-state index contributed by atoms with van der Waals surface area (Å²) in [6.07, 6.45) is 0. The first-order chi connectivity index (χ1) is 6.22. The summed E-state index contributed by atoms with van der Waals surface area (Å²) in [5.74, 6) is 0. The van der Waals surface area contributed by atoms with E-state index in [2.05, 4.69) is 29.7 Å². The molecule has 0 unspecified atom stereocenters. The van der Waals surface area contributed by atoms with Crippen molar-refractivity contribution in [3.8, 4) is 0 Å². The maximum atomic E-state index is 5.59. The predicted octanol–water partition coefficient (Wildman–Crippen LogP) is 1.54. The van der Waals surface area contributed by atoms with E-state index >= 15 is 0 Å². The summed E-state index contributed by atoms with van der Waals surface area (Å²) in [6.45, 7) is 2.65. The Balaban J connectivity index is 3.20. The highest BCUT2D eigenvalue weighted by atomic mass is 14.9. The molecule has 3 nitrogen and oxygen atoms in total. The minimum Gasteiger partial charge on any atom is -0.388 e. The van der Waals surface area contributed by atoms with Gasteiger partial charge < -0.3 is 16.4 Å². The topological polar surface area (TPSA) is 50.1 Å². The lowest BCUT2D eigenvalue weighted by molar-refractivity contribution is 1.07. The second-order valence-corrected chi connectivity index (χ2v) is 3.02. The molecule has 0 heterocycles. The van der Waals surface area contributed by atoms with Crippen LogP contribution in [0.25, 0.3) is 0 Å². The molecule has 0 bridgehead atoms. The number of rotatable bonds is 3. The van der Waals surface area contributed by atoms with Crippen molar-refractivity contribution in [3.63, 3.8) is 0 Å². The van der Waals surface area contributed by atoms with E-state index in [1.54, 1.807) is 0 Å². The van der Waals surface area contributed by atoms with Gasteiger partial charge in [0.05, 0.1) is 0 Å². The van der Waals surface area contributed by atoms with Crippen LogP contribution in [0, 0.1) is 6.92 Å². The van der Waals surface area contributed by atoms with Gasteiger partial charge in [-0.1, -0.05) is 0 Å². The smallest absolute Gasteiger partial charge is 0.0391 e. The zero-order chi connectivity index (χ0) is 9.84. The molecule has 3 heteroatoms. The Morgan fingerprint density at radius 2 is 1.62 bits per heavy atom. The maximum absolute atomic E-state index is 5.59. The lowest BCUT2D eigenvalue weighted by atomic mass is 10.1. The maximum Gasteiger partial charge on any atom is 0.0391 e. The van der Waals surface area contributed by atoms with Crippen molar-refractivity contribution in [2.24, 2.45) is 5.73 Å². The van der Waals surface area contributed by atoms with Crippen molar-refractivity contribution in [1.29, 1.82) is 0 Å². The summed E-state index contributed by atoms with van der Waals surface area (Å²) in [7, 11) is 3.84. The van der Waals surface area contributed by atoms with Crippen LogP contribution >= 0.6 is 0 Å². The summed E-state index contributed by atoms with van der Waals surface area (Å²) in [5, 5.41) is 6.30. The van der Waals surface area contributed by atoms with E-state index in [1.807, 2.05) is 14.1 Å². The molecule has 72 valence electrons. The molecule has 0 spiro atoms. The van der Waals surface area contributed by atoms with Gasteiger partial charge in [0.1, 0.15) is 0 Å². The van der Waals surface area contributed by atoms with Gasteiger partial charge in [0.25, 0.3) is 0 Å². The molecule has 0 aromatic heterocycles. The molecule has 0 aliphatic heterocycles. The van der Waals surface area contributed by atoms with Crippen LogP contribution in [0.1, 0.15) is 11.1 Å². The standard InChI is InChI=1S/C10H17N3/c1-7-9(12-2)4-8(6-11)5-10(7)13-3/h4-5,12-13H,6,11H2,1-3H3. The fourth-order valence-electron chi connectivity index (χ4n) is 1.41. The SMILES string of the molecule is CNc1cc(CN)cc(NC)c1C. The zero-order valence-electron chi connectivity index (χ0n) is 8.44. The number of nitrogens with two attached hydrogens (primary N) is 1. The number of benzene rings is 1. The zero-order valence-corrected chi connectivity index (χ0v) is 8.44. The third kappa shape index (κ3) is 1.92. The monoisotopic (exact) mass is 179 g/mol. The van der Waals surface area contributed by atoms with Crippen LogP contribution in [0.3, 0.4) is 0 Å². The van der Waals surface area contributed by atoms with E-state index in [9.17, 15) is 0 Å². The molecular weight excluding hydrogens is 162 g/mol. The first-order valence-electron chi connectivity index (χ1n) is 4.42. The van der Waals surface area contributed by atoms with Gasteiger partial charge in [0.15, 0.2) is 0 Å². The van der Waals surface area contributed by atoms with Gasteiger partial charge in [-0.15, -0.1) is 0 Å². The van der Waals surface area contributed by atoms with Crippen LogP contribution in [0.4, 0.5) is 11.4 Å². The molecule has 0 radical (unpaired) electrons. The van der Waals surface area contributed by atoms with Gasteiger partial charge in [-0.2, -0.15) is 0 Å². The molecule has 0 aliphatic rings. The molecule has 1 aromatic rings. The second-order valence-electron chi connectivity index (χ2n) is 3.02. The molecule has 0 aliphatic carbocycles. The molecule has 1 rings (SSSR count). The van der Waals surface area contributed by atoms with Crippen molar-refractivity contribution < 1.29 is 0 Å². The number of hydrogen-bond donors (Lipinski definition) is 3. The molecule has 13 heavy (non-hydrogen) atoms. The number of anilines is 2. The van der Waals surface area contributed by atoms with Crippen molar-refractivity contribution in [3.05, 3.63) is 23.3 Å². The van der Waals surface area contributed by atoms with E-state index in [1.165, 1.54) is 5.56 Å². The Hall–Kier alpha value is -1.22. The minimum atomic E-state index is 0.573. The average molecular weight is 179 g/mol. The van der Waals surface area contributed by atoms with Crippen LogP contribution in [0.15, 0.2) is 12.1 Å². The molecule has 0 fully saturated rings. The first kappa shape index (κ1) is 9.86. The fraction of sp³-hybridized carbons (Fsp3) is 0.400. The summed E-state index contributed by atoms with van der Waals surface area (Å²) in [6, 6.07) is 4.16. The van der Waals surface area contributed by atoms with E-state index in [4.69, 9.17) is 5.73 Å². The Labute approximate surface area is 79.3 Å². The highest BCUT2D eigenvalue weighted by Crippen LogP contribution is 2.24. The van der Waals surface area contributed by atoms with Gasteiger partial charge in [-0.25, -0.2) is 0 Å². The van der Waals surface area contributed by atoms with Crippen LogP contribution in [0.2, 0.25) is 0 Å². The molecule has 4 N–H and O–H groups in total. The lowest BCUT2D eigenvalue weighted by Crippen LogP contribution is -2.02. The average Bonchev–Trinajstić information content (AvgIpc) is 2.18. The first-order valence-corrected chi connectivity index (χ1v) is 4.42. The van der Waals surface area contributed by atoms with Crippen molar-refractivity contribution in [2.75, 3.05) is 24.7 Å². The molecule has 0 amide bonds. The van der Waals surface area contributed by atoms with Gasteiger partial charge in [-0.05, 0) is 30.2 Å². The third-order valence-corrected chi connectivity index (χ3v) is 2.24. The number of hydrogen-bond acceptors (Lipinski definition) is 3. The van der Waals surface area contributed by atoms with Crippen LogP contribution in [0.5, 0.6) is 0 Å². The quantitative estimate of drug-likeness (QED) is 0.659. The van der Waals surface area contributed by atoms with Gasteiger partial charge in [-0.3, -0.25) is 0 Å². The van der Waals surface area contributed by atoms with Gasteiger partial charge >= 0.3 is 0 Å². The van der Waals surface area contributed by atoms with E-state index in [0.717, 1.165) is 16.9 Å².